The molecular formula is C17H25N3O3. The van der Waals surface area contributed by atoms with E-state index in [2.05, 4.69) is 10.2 Å². The topological polar surface area (TPSA) is 61.9 Å². The zero-order valence-corrected chi connectivity index (χ0v) is 13.9. The molecule has 0 radical (unpaired) electrons. The lowest BCUT2D eigenvalue weighted by molar-refractivity contribution is -0.136. The molecule has 2 amide bonds. The van der Waals surface area contributed by atoms with Crippen LogP contribution in [-0.2, 0) is 9.59 Å². The summed E-state index contributed by atoms with van der Waals surface area (Å²) in [6.45, 7) is 5.33. The van der Waals surface area contributed by atoms with E-state index in [9.17, 15) is 9.59 Å². The molecule has 6 heteroatoms. The van der Waals surface area contributed by atoms with E-state index in [4.69, 9.17) is 4.74 Å². The van der Waals surface area contributed by atoms with Crippen LogP contribution in [0.4, 0.5) is 5.69 Å². The first-order valence-corrected chi connectivity index (χ1v) is 8.08. The SMILES string of the molecule is CCCNC(=O)CC(=O)N1CCN(c2ccccc2OC)CC1. The predicted octanol–water partition coefficient (Wildman–Crippen LogP) is 1.26. The summed E-state index contributed by atoms with van der Waals surface area (Å²) < 4.78 is 5.39. The maximum atomic E-state index is 12.2. The van der Waals surface area contributed by atoms with Crippen LogP contribution in [0.1, 0.15) is 19.8 Å². The number of anilines is 1. The van der Waals surface area contributed by atoms with E-state index in [0.717, 1.165) is 30.9 Å². The molecule has 1 N–H and O–H groups in total. The normalized spacial score (nSPS) is 14.5. The molecule has 0 bridgehead atoms. The number of carbonyl (C=O) groups is 2. The summed E-state index contributed by atoms with van der Waals surface area (Å²) in [5.41, 5.74) is 1.04. The van der Waals surface area contributed by atoms with Gasteiger partial charge in [0.15, 0.2) is 0 Å². The molecular weight excluding hydrogens is 294 g/mol. The monoisotopic (exact) mass is 319 g/mol. The number of carbonyl (C=O) groups excluding carboxylic acids is 2. The van der Waals surface area contributed by atoms with Gasteiger partial charge in [0.05, 0.1) is 12.8 Å². The van der Waals surface area contributed by atoms with Crippen LogP contribution in [0.3, 0.4) is 0 Å². The van der Waals surface area contributed by atoms with Crippen LogP contribution in [0.2, 0.25) is 0 Å². The molecule has 0 saturated carbocycles. The second-order valence-electron chi connectivity index (χ2n) is 5.57. The summed E-state index contributed by atoms with van der Waals surface area (Å²) in [6, 6.07) is 7.88. The minimum absolute atomic E-state index is 0.0609. The van der Waals surface area contributed by atoms with E-state index in [1.54, 1.807) is 12.0 Å². The molecule has 1 aliphatic heterocycles. The molecule has 0 unspecified atom stereocenters. The molecule has 0 aromatic heterocycles. The number of methoxy groups -OCH3 is 1. The highest BCUT2D eigenvalue weighted by Gasteiger charge is 2.23. The fourth-order valence-corrected chi connectivity index (χ4v) is 2.66. The Morgan fingerprint density at radius 1 is 1.17 bits per heavy atom. The molecule has 1 aliphatic rings. The van der Waals surface area contributed by atoms with Crippen molar-refractivity contribution < 1.29 is 14.3 Å². The van der Waals surface area contributed by atoms with Crippen molar-refractivity contribution in [1.82, 2.24) is 10.2 Å². The quantitative estimate of drug-likeness (QED) is 0.802. The maximum absolute atomic E-state index is 12.2. The first-order valence-electron chi connectivity index (χ1n) is 8.08. The van der Waals surface area contributed by atoms with Gasteiger partial charge in [0.2, 0.25) is 11.8 Å². The van der Waals surface area contributed by atoms with Crippen molar-refractivity contribution in [2.75, 3.05) is 44.7 Å². The molecule has 1 aromatic carbocycles. The first-order chi connectivity index (χ1) is 11.2. The Bertz CT molecular complexity index is 540. The molecule has 0 spiro atoms. The highest BCUT2D eigenvalue weighted by Crippen LogP contribution is 2.28. The zero-order chi connectivity index (χ0) is 16.7. The van der Waals surface area contributed by atoms with Crippen molar-refractivity contribution in [3.05, 3.63) is 24.3 Å². The fraction of sp³-hybridized carbons (Fsp3) is 0.529. The van der Waals surface area contributed by atoms with Crippen LogP contribution in [-0.4, -0.2) is 56.5 Å². The van der Waals surface area contributed by atoms with Gasteiger partial charge >= 0.3 is 0 Å². The number of nitrogens with zero attached hydrogens (tertiary/aromatic N) is 2. The average Bonchev–Trinajstić information content (AvgIpc) is 2.60. The van der Waals surface area contributed by atoms with Gasteiger partial charge < -0.3 is 19.9 Å². The predicted molar refractivity (Wildman–Crippen MR) is 89.7 cm³/mol. The third kappa shape index (κ3) is 4.61. The highest BCUT2D eigenvalue weighted by atomic mass is 16.5. The third-order valence-electron chi connectivity index (χ3n) is 3.94. The molecule has 23 heavy (non-hydrogen) atoms. The van der Waals surface area contributed by atoms with Gasteiger partial charge in [-0.15, -0.1) is 0 Å². The summed E-state index contributed by atoms with van der Waals surface area (Å²) in [6.07, 6.45) is 0.812. The summed E-state index contributed by atoms with van der Waals surface area (Å²) in [5.74, 6) is 0.550. The molecule has 1 heterocycles. The first kappa shape index (κ1) is 17.1. The van der Waals surface area contributed by atoms with Crippen LogP contribution in [0, 0.1) is 0 Å². The van der Waals surface area contributed by atoms with Gasteiger partial charge in [-0.25, -0.2) is 0 Å². The summed E-state index contributed by atoms with van der Waals surface area (Å²) in [4.78, 5) is 27.8. The van der Waals surface area contributed by atoms with Gasteiger partial charge in [0.25, 0.3) is 0 Å². The number of piperazine rings is 1. The lowest BCUT2D eigenvalue weighted by Crippen LogP contribution is -2.49. The Morgan fingerprint density at radius 2 is 1.87 bits per heavy atom. The Hall–Kier alpha value is -2.24. The lowest BCUT2D eigenvalue weighted by atomic mass is 10.2. The second-order valence-corrected chi connectivity index (χ2v) is 5.57. The Balaban J connectivity index is 1.86. The van der Waals surface area contributed by atoms with E-state index in [-0.39, 0.29) is 18.2 Å². The Morgan fingerprint density at radius 3 is 2.52 bits per heavy atom. The van der Waals surface area contributed by atoms with Gasteiger partial charge in [-0.3, -0.25) is 9.59 Å². The number of nitrogens with one attached hydrogen (secondary N) is 1. The Kier molecular flexibility index (Phi) is 6.26. The number of hydrogen-bond acceptors (Lipinski definition) is 4. The smallest absolute Gasteiger partial charge is 0.232 e. The number of rotatable bonds is 6. The molecule has 1 fully saturated rings. The number of benzene rings is 1. The maximum Gasteiger partial charge on any atom is 0.232 e. The Labute approximate surface area is 137 Å². The second kappa shape index (κ2) is 8.41. The molecule has 0 aliphatic carbocycles. The van der Waals surface area contributed by atoms with Crippen LogP contribution in [0.25, 0.3) is 0 Å². The standard InChI is InChI=1S/C17H25N3O3/c1-3-8-18-16(21)13-17(22)20-11-9-19(10-12-20)14-6-4-5-7-15(14)23-2/h4-7H,3,8-13H2,1-2H3,(H,18,21). The molecule has 2 rings (SSSR count). The van der Waals surface area contributed by atoms with Crippen molar-refractivity contribution in [3.63, 3.8) is 0 Å². The van der Waals surface area contributed by atoms with E-state index >= 15 is 0 Å². The minimum Gasteiger partial charge on any atom is -0.495 e. The molecule has 6 nitrogen and oxygen atoms in total. The largest absolute Gasteiger partial charge is 0.495 e. The summed E-state index contributed by atoms with van der Waals surface area (Å²) in [5, 5.41) is 2.74. The van der Waals surface area contributed by atoms with Crippen LogP contribution >= 0.6 is 0 Å². The van der Waals surface area contributed by atoms with Crippen LogP contribution in [0.5, 0.6) is 5.75 Å². The average molecular weight is 319 g/mol. The molecule has 0 atom stereocenters. The number of para-hydroxylation sites is 2. The van der Waals surface area contributed by atoms with Crippen LogP contribution in [0.15, 0.2) is 24.3 Å². The van der Waals surface area contributed by atoms with Gasteiger partial charge in [-0.1, -0.05) is 19.1 Å². The van der Waals surface area contributed by atoms with Crippen molar-refractivity contribution in [2.24, 2.45) is 0 Å². The van der Waals surface area contributed by atoms with Crippen molar-refractivity contribution >= 4 is 17.5 Å². The molecule has 126 valence electrons. The summed E-state index contributed by atoms with van der Waals surface area (Å²) in [7, 11) is 1.66. The number of hydrogen-bond donors (Lipinski definition) is 1. The molecule has 1 saturated heterocycles. The highest BCUT2D eigenvalue weighted by molar-refractivity contribution is 5.96. The van der Waals surface area contributed by atoms with Crippen molar-refractivity contribution in [3.8, 4) is 5.75 Å². The van der Waals surface area contributed by atoms with Crippen molar-refractivity contribution in [2.45, 2.75) is 19.8 Å². The number of ether oxygens (including phenoxy) is 1. The minimum atomic E-state index is -0.191. The van der Waals surface area contributed by atoms with E-state index < -0.39 is 0 Å². The van der Waals surface area contributed by atoms with Gasteiger partial charge in [-0.05, 0) is 18.6 Å². The fourth-order valence-electron chi connectivity index (χ4n) is 2.66. The molecule has 1 aromatic rings. The van der Waals surface area contributed by atoms with Gasteiger partial charge in [-0.2, -0.15) is 0 Å². The van der Waals surface area contributed by atoms with E-state index in [0.29, 0.717) is 19.6 Å². The lowest BCUT2D eigenvalue weighted by Gasteiger charge is -2.36. The number of amides is 2. The third-order valence-corrected chi connectivity index (χ3v) is 3.94. The van der Waals surface area contributed by atoms with Gasteiger partial charge in [0, 0.05) is 32.7 Å². The summed E-state index contributed by atoms with van der Waals surface area (Å²) >= 11 is 0. The van der Waals surface area contributed by atoms with Gasteiger partial charge in [0.1, 0.15) is 12.2 Å². The van der Waals surface area contributed by atoms with Crippen LogP contribution < -0.4 is 15.0 Å². The van der Waals surface area contributed by atoms with Crippen molar-refractivity contribution in [1.29, 1.82) is 0 Å². The van der Waals surface area contributed by atoms with E-state index in [1.165, 1.54) is 0 Å². The zero-order valence-electron chi connectivity index (χ0n) is 13.9. The van der Waals surface area contributed by atoms with E-state index in [1.807, 2.05) is 31.2 Å².